The van der Waals surface area contributed by atoms with Crippen molar-refractivity contribution in [2.45, 2.75) is 51.0 Å². The van der Waals surface area contributed by atoms with Crippen LogP contribution in [-0.2, 0) is 17.6 Å². The number of aromatic hydroxyl groups is 1. The molecule has 5 heteroatoms. The van der Waals surface area contributed by atoms with Crippen molar-refractivity contribution in [2.24, 2.45) is 5.73 Å². The van der Waals surface area contributed by atoms with E-state index in [-0.39, 0.29) is 12.2 Å². The van der Waals surface area contributed by atoms with Crippen LogP contribution in [0.5, 0.6) is 5.75 Å². The van der Waals surface area contributed by atoms with Crippen molar-refractivity contribution in [2.75, 3.05) is 0 Å². The molecule has 1 aliphatic rings. The third-order valence-electron chi connectivity index (χ3n) is 3.91. The van der Waals surface area contributed by atoms with Crippen LogP contribution in [0.4, 0.5) is 0 Å². The van der Waals surface area contributed by atoms with Crippen molar-refractivity contribution < 1.29 is 15.0 Å². The summed E-state index contributed by atoms with van der Waals surface area (Å²) in [5, 5.41) is 19.3. The number of hydrogen-bond acceptors (Lipinski definition) is 3. The normalized spacial score (nSPS) is 16.3. The summed E-state index contributed by atoms with van der Waals surface area (Å²) < 4.78 is 0. The fraction of sp³-hybridized carbons (Fsp3) is 0.533. The van der Waals surface area contributed by atoms with Gasteiger partial charge in [-0.3, -0.25) is 4.79 Å². The highest BCUT2D eigenvalue weighted by Crippen LogP contribution is 2.39. The standard InChI is InChI=1S/C15H20ClNO3/c16-11-8-9-4-2-1-3-5-10(9)14(15(11)20)12(17)6-7-13(18)19/h8,12,20H,1-7,17H2,(H,18,19). The van der Waals surface area contributed by atoms with Crippen molar-refractivity contribution in [1.29, 1.82) is 0 Å². The van der Waals surface area contributed by atoms with Crippen LogP contribution in [0.25, 0.3) is 0 Å². The number of rotatable bonds is 4. The highest BCUT2D eigenvalue weighted by Gasteiger charge is 2.23. The van der Waals surface area contributed by atoms with Gasteiger partial charge in [-0.15, -0.1) is 0 Å². The first-order valence-corrected chi connectivity index (χ1v) is 7.39. The van der Waals surface area contributed by atoms with Crippen LogP contribution in [0.2, 0.25) is 5.02 Å². The van der Waals surface area contributed by atoms with Crippen LogP contribution in [0.3, 0.4) is 0 Å². The van der Waals surface area contributed by atoms with E-state index in [1.807, 2.05) is 6.07 Å². The molecular formula is C15H20ClNO3. The first-order valence-electron chi connectivity index (χ1n) is 7.01. The lowest BCUT2D eigenvalue weighted by molar-refractivity contribution is -0.137. The monoisotopic (exact) mass is 297 g/mol. The predicted octanol–water partition coefficient (Wildman–Crippen LogP) is 3.18. The number of phenolic OH excluding ortho intramolecular Hbond substituents is 1. The summed E-state index contributed by atoms with van der Waals surface area (Å²) in [6.07, 6.45) is 5.42. The zero-order valence-corrected chi connectivity index (χ0v) is 12.1. The van der Waals surface area contributed by atoms with E-state index in [0.717, 1.165) is 43.2 Å². The number of aliphatic carboxylic acids is 1. The van der Waals surface area contributed by atoms with E-state index < -0.39 is 12.0 Å². The van der Waals surface area contributed by atoms with Crippen molar-refractivity contribution in [3.63, 3.8) is 0 Å². The van der Waals surface area contributed by atoms with Crippen molar-refractivity contribution >= 4 is 17.6 Å². The molecule has 0 amide bonds. The summed E-state index contributed by atoms with van der Waals surface area (Å²) in [4.78, 5) is 10.7. The Balaban J connectivity index is 2.39. The van der Waals surface area contributed by atoms with Gasteiger partial charge in [-0.1, -0.05) is 18.0 Å². The molecule has 0 fully saturated rings. The smallest absolute Gasteiger partial charge is 0.303 e. The summed E-state index contributed by atoms with van der Waals surface area (Å²) in [6.45, 7) is 0. The van der Waals surface area contributed by atoms with Gasteiger partial charge in [-0.25, -0.2) is 0 Å². The molecule has 0 bridgehead atoms. The van der Waals surface area contributed by atoms with E-state index in [0.29, 0.717) is 17.0 Å². The zero-order chi connectivity index (χ0) is 14.7. The Morgan fingerprint density at radius 1 is 1.35 bits per heavy atom. The summed E-state index contributed by atoms with van der Waals surface area (Å²) >= 11 is 6.09. The number of nitrogens with two attached hydrogens (primary N) is 1. The van der Waals surface area contributed by atoms with Crippen LogP contribution in [0.1, 0.15) is 54.8 Å². The lowest BCUT2D eigenvalue weighted by Gasteiger charge is -2.20. The lowest BCUT2D eigenvalue weighted by Crippen LogP contribution is -2.16. The molecule has 0 saturated carbocycles. The SMILES string of the molecule is NC(CCC(=O)O)c1c(O)c(Cl)cc2c1CCCCC2. The van der Waals surface area contributed by atoms with E-state index in [9.17, 15) is 9.90 Å². The minimum atomic E-state index is -0.881. The molecule has 0 heterocycles. The maximum absolute atomic E-state index is 10.7. The molecule has 20 heavy (non-hydrogen) atoms. The van der Waals surface area contributed by atoms with Gasteiger partial charge < -0.3 is 15.9 Å². The highest BCUT2D eigenvalue weighted by molar-refractivity contribution is 6.32. The quantitative estimate of drug-likeness (QED) is 0.745. The molecule has 1 aromatic rings. The van der Waals surface area contributed by atoms with E-state index in [1.54, 1.807) is 0 Å². The van der Waals surface area contributed by atoms with Crippen LogP contribution in [-0.4, -0.2) is 16.2 Å². The van der Waals surface area contributed by atoms with Gasteiger partial charge in [0.1, 0.15) is 5.75 Å². The minimum Gasteiger partial charge on any atom is -0.506 e. The molecule has 110 valence electrons. The van der Waals surface area contributed by atoms with Crippen LogP contribution in [0.15, 0.2) is 6.07 Å². The summed E-state index contributed by atoms with van der Waals surface area (Å²) in [5.41, 5.74) is 8.97. The second-order valence-electron chi connectivity index (χ2n) is 5.36. The Morgan fingerprint density at radius 3 is 2.75 bits per heavy atom. The van der Waals surface area contributed by atoms with Gasteiger partial charge in [0.25, 0.3) is 0 Å². The molecule has 0 aliphatic heterocycles. The molecule has 0 aromatic heterocycles. The number of fused-ring (bicyclic) bond motifs is 1. The van der Waals surface area contributed by atoms with Crippen LogP contribution in [0, 0.1) is 0 Å². The van der Waals surface area contributed by atoms with E-state index in [1.165, 1.54) is 0 Å². The maximum Gasteiger partial charge on any atom is 0.303 e. The lowest BCUT2D eigenvalue weighted by atomic mass is 9.90. The minimum absolute atomic E-state index is 0.0120. The number of phenols is 1. The number of halogens is 1. The summed E-state index contributed by atoms with van der Waals surface area (Å²) in [7, 11) is 0. The Morgan fingerprint density at radius 2 is 2.05 bits per heavy atom. The number of carboxylic acids is 1. The Bertz CT molecular complexity index is 516. The summed E-state index contributed by atoms with van der Waals surface area (Å²) in [6, 6.07) is 1.34. The molecule has 4 nitrogen and oxygen atoms in total. The first kappa shape index (κ1) is 15.1. The number of carboxylic acid groups (broad SMARTS) is 1. The molecule has 4 N–H and O–H groups in total. The second-order valence-corrected chi connectivity index (χ2v) is 5.77. The van der Waals surface area contributed by atoms with Gasteiger partial charge in [0.05, 0.1) is 5.02 Å². The Hall–Kier alpha value is -1.26. The maximum atomic E-state index is 10.7. The molecule has 1 aliphatic carbocycles. The Labute approximate surface area is 123 Å². The Kier molecular flexibility index (Phi) is 4.89. The fourth-order valence-corrected chi connectivity index (χ4v) is 3.12. The summed E-state index contributed by atoms with van der Waals surface area (Å²) in [5.74, 6) is -0.863. The predicted molar refractivity (Wildman–Crippen MR) is 78.2 cm³/mol. The molecule has 0 spiro atoms. The van der Waals surface area contributed by atoms with Gasteiger partial charge in [0.15, 0.2) is 0 Å². The number of benzene rings is 1. The van der Waals surface area contributed by atoms with Gasteiger partial charge >= 0.3 is 5.97 Å². The van der Waals surface area contributed by atoms with Gasteiger partial charge in [-0.05, 0) is 49.3 Å². The number of aryl methyl sites for hydroxylation is 1. The van der Waals surface area contributed by atoms with E-state index in [2.05, 4.69) is 0 Å². The number of hydrogen-bond donors (Lipinski definition) is 3. The van der Waals surface area contributed by atoms with Crippen molar-refractivity contribution in [3.05, 3.63) is 27.8 Å². The topological polar surface area (TPSA) is 83.6 Å². The van der Waals surface area contributed by atoms with E-state index >= 15 is 0 Å². The highest BCUT2D eigenvalue weighted by atomic mass is 35.5. The third kappa shape index (κ3) is 3.25. The fourth-order valence-electron chi connectivity index (χ4n) is 2.89. The van der Waals surface area contributed by atoms with Crippen LogP contribution < -0.4 is 5.73 Å². The van der Waals surface area contributed by atoms with Gasteiger partial charge in [-0.2, -0.15) is 0 Å². The van der Waals surface area contributed by atoms with Crippen LogP contribution >= 0.6 is 11.6 Å². The average Bonchev–Trinajstić information content (AvgIpc) is 2.62. The molecule has 0 saturated heterocycles. The van der Waals surface area contributed by atoms with Gasteiger partial charge in [0, 0.05) is 18.0 Å². The second kappa shape index (κ2) is 6.46. The molecule has 1 unspecified atom stereocenters. The zero-order valence-electron chi connectivity index (χ0n) is 11.4. The third-order valence-corrected chi connectivity index (χ3v) is 4.20. The van der Waals surface area contributed by atoms with E-state index in [4.69, 9.17) is 22.4 Å². The first-order chi connectivity index (χ1) is 9.50. The van der Waals surface area contributed by atoms with Crippen molar-refractivity contribution in [3.8, 4) is 5.75 Å². The molecule has 1 atom stereocenters. The van der Waals surface area contributed by atoms with Crippen molar-refractivity contribution in [1.82, 2.24) is 0 Å². The largest absolute Gasteiger partial charge is 0.506 e. The molecule has 2 rings (SSSR count). The average molecular weight is 298 g/mol. The molecule has 0 radical (unpaired) electrons. The molecular weight excluding hydrogens is 278 g/mol. The molecule has 1 aromatic carbocycles. The number of carbonyl (C=O) groups is 1. The van der Waals surface area contributed by atoms with Gasteiger partial charge in [0.2, 0.25) is 0 Å².